The summed E-state index contributed by atoms with van der Waals surface area (Å²) < 4.78 is 0. The average Bonchev–Trinajstić information content (AvgIpc) is 2.46. The molecule has 0 unspecified atom stereocenters. The van der Waals surface area contributed by atoms with E-state index in [1.54, 1.807) is 0 Å². The van der Waals surface area contributed by atoms with Crippen molar-refractivity contribution in [3.05, 3.63) is 35.4 Å². The van der Waals surface area contributed by atoms with Crippen LogP contribution >= 0.6 is 24.8 Å². The number of halogens is 2. The number of hydrogen-bond acceptors (Lipinski definition) is 3. The molecule has 1 aromatic carbocycles. The molecule has 2 rings (SSSR count). The summed E-state index contributed by atoms with van der Waals surface area (Å²) in [5.74, 6) is 0.129. The van der Waals surface area contributed by atoms with E-state index >= 15 is 0 Å². The van der Waals surface area contributed by atoms with Gasteiger partial charge in [0.2, 0.25) is 5.91 Å². The van der Waals surface area contributed by atoms with Gasteiger partial charge >= 0.3 is 0 Å². The molecule has 2 N–H and O–H groups in total. The summed E-state index contributed by atoms with van der Waals surface area (Å²) in [5.41, 5.74) is 2.47. The molecule has 0 aliphatic carbocycles. The van der Waals surface area contributed by atoms with Crippen molar-refractivity contribution in [3.8, 4) is 0 Å². The highest BCUT2D eigenvalue weighted by Crippen LogP contribution is 2.11. The number of nitrogens with zero attached hydrogens (tertiary/aromatic N) is 1. The first-order valence-electron chi connectivity index (χ1n) is 7.39. The Morgan fingerprint density at radius 1 is 1.23 bits per heavy atom. The Labute approximate surface area is 145 Å². The van der Waals surface area contributed by atoms with Gasteiger partial charge in [0.15, 0.2) is 0 Å². The minimum atomic E-state index is -0.00948. The van der Waals surface area contributed by atoms with Gasteiger partial charge in [-0.2, -0.15) is 0 Å². The second-order valence-corrected chi connectivity index (χ2v) is 5.73. The molecule has 22 heavy (non-hydrogen) atoms. The minimum Gasteiger partial charge on any atom is -0.351 e. The molecule has 6 heteroatoms. The second kappa shape index (κ2) is 10.8. The van der Waals surface area contributed by atoms with Crippen LogP contribution in [0.5, 0.6) is 0 Å². The summed E-state index contributed by atoms with van der Waals surface area (Å²) in [5, 5.41) is 6.34. The molecule has 0 spiro atoms. The number of benzene rings is 1. The molecule has 1 aliphatic rings. The van der Waals surface area contributed by atoms with E-state index in [1.807, 2.05) is 12.1 Å². The smallest absolute Gasteiger partial charge is 0.237 e. The number of carbonyl (C=O) groups excluding carboxylic acids is 1. The standard InChI is InChI=1S/C16H25N3O.2ClH/c1-19(2)12-14-8-4-3-7-13(14)11-18-16(20)15-9-5-6-10-17-15;;/h3-4,7-8,15,17H,5-6,9-12H2,1-2H3,(H,18,20);2*1H/t15-;;/m0../s1. The molecule has 0 bridgehead atoms. The van der Waals surface area contributed by atoms with Crippen LogP contribution in [0.4, 0.5) is 0 Å². The van der Waals surface area contributed by atoms with Gasteiger partial charge in [0.25, 0.3) is 0 Å². The predicted molar refractivity (Wildman–Crippen MR) is 95.8 cm³/mol. The molecule has 1 atom stereocenters. The number of hydrogen-bond donors (Lipinski definition) is 2. The second-order valence-electron chi connectivity index (χ2n) is 5.73. The van der Waals surface area contributed by atoms with Crippen LogP contribution in [-0.4, -0.2) is 37.5 Å². The van der Waals surface area contributed by atoms with Gasteiger partial charge in [0, 0.05) is 13.1 Å². The van der Waals surface area contributed by atoms with E-state index in [1.165, 1.54) is 17.5 Å². The highest BCUT2D eigenvalue weighted by atomic mass is 35.5. The molecule has 0 radical (unpaired) electrons. The number of piperidine rings is 1. The molecule has 1 fully saturated rings. The Balaban J connectivity index is 0.00000220. The van der Waals surface area contributed by atoms with Gasteiger partial charge < -0.3 is 15.5 Å². The van der Waals surface area contributed by atoms with Crippen LogP contribution < -0.4 is 10.6 Å². The summed E-state index contributed by atoms with van der Waals surface area (Å²) in [6, 6.07) is 8.28. The van der Waals surface area contributed by atoms with E-state index in [0.29, 0.717) is 6.54 Å². The van der Waals surface area contributed by atoms with Crippen LogP contribution in [0, 0.1) is 0 Å². The average molecular weight is 348 g/mol. The lowest BCUT2D eigenvalue weighted by molar-refractivity contribution is -0.123. The van der Waals surface area contributed by atoms with Crippen molar-refractivity contribution < 1.29 is 4.79 Å². The fraction of sp³-hybridized carbons (Fsp3) is 0.562. The number of rotatable bonds is 5. The van der Waals surface area contributed by atoms with Crippen LogP contribution in [0.15, 0.2) is 24.3 Å². The number of amides is 1. The molecule has 1 aromatic rings. The third-order valence-corrected chi connectivity index (χ3v) is 3.68. The third-order valence-electron chi connectivity index (χ3n) is 3.68. The summed E-state index contributed by atoms with van der Waals surface area (Å²) >= 11 is 0. The van der Waals surface area contributed by atoms with Crippen LogP contribution in [-0.2, 0) is 17.9 Å². The fourth-order valence-electron chi connectivity index (χ4n) is 2.61. The van der Waals surface area contributed by atoms with Crippen molar-refractivity contribution in [2.75, 3.05) is 20.6 Å². The van der Waals surface area contributed by atoms with E-state index in [0.717, 1.165) is 25.9 Å². The van der Waals surface area contributed by atoms with E-state index in [9.17, 15) is 4.79 Å². The zero-order valence-corrected chi connectivity index (χ0v) is 14.9. The van der Waals surface area contributed by atoms with E-state index in [2.05, 4.69) is 41.8 Å². The quantitative estimate of drug-likeness (QED) is 0.859. The Bertz CT molecular complexity index is 449. The molecule has 1 amide bonds. The van der Waals surface area contributed by atoms with Gasteiger partial charge in [0.05, 0.1) is 6.04 Å². The molecule has 1 heterocycles. The Kier molecular flexibility index (Phi) is 10.4. The van der Waals surface area contributed by atoms with E-state index in [4.69, 9.17) is 0 Å². The van der Waals surface area contributed by atoms with Gasteiger partial charge in [0.1, 0.15) is 0 Å². The lowest BCUT2D eigenvalue weighted by Gasteiger charge is -2.23. The molecule has 126 valence electrons. The third kappa shape index (κ3) is 6.53. The van der Waals surface area contributed by atoms with Crippen molar-refractivity contribution in [2.45, 2.75) is 38.4 Å². The van der Waals surface area contributed by atoms with E-state index < -0.39 is 0 Å². The summed E-state index contributed by atoms with van der Waals surface area (Å²) in [6.45, 7) is 2.46. The molecular weight excluding hydrogens is 321 g/mol. The van der Waals surface area contributed by atoms with Crippen LogP contribution in [0.25, 0.3) is 0 Å². The summed E-state index contributed by atoms with van der Waals surface area (Å²) in [4.78, 5) is 14.3. The normalized spacial score (nSPS) is 17.3. The maximum atomic E-state index is 12.1. The minimum absolute atomic E-state index is 0. The number of nitrogens with one attached hydrogen (secondary N) is 2. The zero-order chi connectivity index (χ0) is 14.4. The molecule has 4 nitrogen and oxygen atoms in total. The molecule has 0 aromatic heterocycles. The molecule has 0 saturated carbocycles. The maximum Gasteiger partial charge on any atom is 0.237 e. The predicted octanol–water partition coefficient (Wildman–Crippen LogP) is 2.35. The summed E-state index contributed by atoms with van der Waals surface area (Å²) in [6.07, 6.45) is 3.27. The van der Waals surface area contributed by atoms with E-state index in [-0.39, 0.29) is 36.8 Å². The van der Waals surface area contributed by atoms with Gasteiger partial charge in [-0.15, -0.1) is 24.8 Å². The topological polar surface area (TPSA) is 44.4 Å². The molecule has 1 aliphatic heterocycles. The maximum absolute atomic E-state index is 12.1. The van der Waals surface area contributed by atoms with Crippen molar-refractivity contribution in [3.63, 3.8) is 0 Å². The first-order valence-corrected chi connectivity index (χ1v) is 7.39. The molecule has 1 saturated heterocycles. The first kappa shape index (κ1) is 21.2. The van der Waals surface area contributed by atoms with Crippen LogP contribution in [0.1, 0.15) is 30.4 Å². The highest BCUT2D eigenvalue weighted by Gasteiger charge is 2.20. The zero-order valence-electron chi connectivity index (χ0n) is 13.3. The van der Waals surface area contributed by atoms with Crippen molar-refractivity contribution in [2.24, 2.45) is 0 Å². The van der Waals surface area contributed by atoms with Gasteiger partial charge in [-0.3, -0.25) is 4.79 Å². The monoisotopic (exact) mass is 347 g/mol. The van der Waals surface area contributed by atoms with Gasteiger partial charge in [-0.1, -0.05) is 30.7 Å². The highest BCUT2D eigenvalue weighted by molar-refractivity contribution is 5.85. The molecular formula is C16H27Cl2N3O. The first-order chi connectivity index (χ1) is 9.66. The SMILES string of the molecule is CN(C)Cc1ccccc1CNC(=O)[C@@H]1CCCCN1.Cl.Cl. The van der Waals surface area contributed by atoms with Crippen LogP contribution in [0.3, 0.4) is 0 Å². The van der Waals surface area contributed by atoms with Gasteiger partial charge in [-0.05, 0) is 44.6 Å². The Morgan fingerprint density at radius 2 is 1.91 bits per heavy atom. The van der Waals surface area contributed by atoms with Gasteiger partial charge in [-0.25, -0.2) is 0 Å². The van der Waals surface area contributed by atoms with Crippen molar-refractivity contribution >= 4 is 30.7 Å². The Hall–Kier alpha value is -0.810. The van der Waals surface area contributed by atoms with Crippen molar-refractivity contribution in [1.82, 2.24) is 15.5 Å². The Morgan fingerprint density at radius 3 is 2.50 bits per heavy atom. The van der Waals surface area contributed by atoms with Crippen LogP contribution in [0.2, 0.25) is 0 Å². The lowest BCUT2D eigenvalue weighted by atomic mass is 10.0. The summed E-state index contributed by atoms with van der Waals surface area (Å²) in [7, 11) is 4.11. The fourth-order valence-corrected chi connectivity index (χ4v) is 2.61. The lowest BCUT2D eigenvalue weighted by Crippen LogP contribution is -2.46. The van der Waals surface area contributed by atoms with Crippen molar-refractivity contribution in [1.29, 1.82) is 0 Å². The largest absolute Gasteiger partial charge is 0.351 e. The number of carbonyl (C=O) groups is 1.